The van der Waals surface area contributed by atoms with Crippen molar-refractivity contribution in [1.82, 2.24) is 5.48 Å². The number of hydroxylamine groups is 1. The maximum absolute atomic E-state index is 11.3. The lowest BCUT2D eigenvalue weighted by atomic mass is 10.0. The van der Waals surface area contributed by atoms with Gasteiger partial charge in [0.1, 0.15) is 5.92 Å². The van der Waals surface area contributed by atoms with E-state index in [9.17, 15) is 9.59 Å². The van der Waals surface area contributed by atoms with Gasteiger partial charge in [-0.15, -0.1) is 0 Å². The van der Waals surface area contributed by atoms with E-state index in [1.165, 1.54) is 5.48 Å². The molecule has 0 aliphatic rings. The van der Waals surface area contributed by atoms with Crippen molar-refractivity contribution in [3.63, 3.8) is 0 Å². The van der Waals surface area contributed by atoms with Crippen molar-refractivity contribution in [1.29, 1.82) is 0 Å². The Kier molecular flexibility index (Phi) is 5.87. The van der Waals surface area contributed by atoms with Crippen LogP contribution in [0.15, 0.2) is 0 Å². The van der Waals surface area contributed by atoms with Crippen molar-refractivity contribution < 1.29 is 19.5 Å². The molecule has 1 atom stereocenters. The standard InChI is InChI=1S/C9H17NO4/c1-4-5-7(8(11)10-13)9(12)14-6(2)3/h6-7,13H,4-5H2,1-3H3,(H,10,11). The topological polar surface area (TPSA) is 75.6 Å². The van der Waals surface area contributed by atoms with E-state index in [-0.39, 0.29) is 6.10 Å². The summed E-state index contributed by atoms with van der Waals surface area (Å²) in [6.07, 6.45) is 0.789. The van der Waals surface area contributed by atoms with E-state index in [1.54, 1.807) is 13.8 Å². The normalized spacial score (nSPS) is 12.4. The van der Waals surface area contributed by atoms with Crippen LogP contribution in [-0.2, 0) is 14.3 Å². The molecule has 0 aromatic heterocycles. The van der Waals surface area contributed by atoms with Crippen LogP contribution in [0, 0.1) is 5.92 Å². The maximum Gasteiger partial charge on any atom is 0.318 e. The fraction of sp³-hybridized carbons (Fsp3) is 0.778. The molecule has 0 radical (unpaired) electrons. The first-order valence-electron chi connectivity index (χ1n) is 4.67. The minimum atomic E-state index is -0.910. The Bertz CT molecular complexity index is 203. The second-order valence-corrected chi connectivity index (χ2v) is 3.30. The molecule has 0 spiro atoms. The van der Waals surface area contributed by atoms with Gasteiger partial charge in [0.25, 0.3) is 5.91 Å². The summed E-state index contributed by atoms with van der Waals surface area (Å²) >= 11 is 0. The molecule has 5 heteroatoms. The van der Waals surface area contributed by atoms with E-state index >= 15 is 0 Å². The van der Waals surface area contributed by atoms with Crippen molar-refractivity contribution in [3.05, 3.63) is 0 Å². The Labute approximate surface area is 83.4 Å². The monoisotopic (exact) mass is 203 g/mol. The van der Waals surface area contributed by atoms with Crippen molar-refractivity contribution in [2.24, 2.45) is 5.92 Å². The molecule has 0 aromatic rings. The number of ether oxygens (including phenoxy) is 1. The third-order valence-corrected chi connectivity index (χ3v) is 1.64. The van der Waals surface area contributed by atoms with E-state index in [2.05, 4.69) is 0 Å². The van der Waals surface area contributed by atoms with Crippen LogP contribution in [0.4, 0.5) is 0 Å². The molecule has 82 valence electrons. The van der Waals surface area contributed by atoms with E-state index in [1.807, 2.05) is 6.92 Å². The van der Waals surface area contributed by atoms with Crippen LogP contribution >= 0.6 is 0 Å². The molecular formula is C9H17NO4. The molecule has 0 bridgehead atoms. The summed E-state index contributed by atoms with van der Waals surface area (Å²) in [7, 11) is 0. The lowest BCUT2D eigenvalue weighted by molar-refractivity contribution is -0.158. The molecule has 14 heavy (non-hydrogen) atoms. The number of nitrogens with one attached hydrogen (secondary N) is 1. The molecule has 0 heterocycles. The van der Waals surface area contributed by atoms with Gasteiger partial charge in [-0.05, 0) is 20.3 Å². The average molecular weight is 203 g/mol. The van der Waals surface area contributed by atoms with Gasteiger partial charge in [0.05, 0.1) is 6.10 Å². The third kappa shape index (κ3) is 4.23. The molecule has 0 aliphatic carbocycles. The second kappa shape index (κ2) is 6.37. The van der Waals surface area contributed by atoms with Crippen LogP contribution in [0.1, 0.15) is 33.6 Å². The summed E-state index contributed by atoms with van der Waals surface area (Å²) in [6, 6.07) is 0. The number of carbonyl (C=O) groups excluding carboxylic acids is 2. The van der Waals surface area contributed by atoms with Crippen LogP contribution < -0.4 is 5.48 Å². The van der Waals surface area contributed by atoms with Gasteiger partial charge in [-0.3, -0.25) is 14.8 Å². The summed E-state index contributed by atoms with van der Waals surface area (Å²) in [6.45, 7) is 5.26. The zero-order valence-electron chi connectivity index (χ0n) is 8.74. The van der Waals surface area contributed by atoms with Crippen LogP contribution in [0.2, 0.25) is 0 Å². The smallest absolute Gasteiger partial charge is 0.318 e. The molecule has 0 saturated carbocycles. The van der Waals surface area contributed by atoms with E-state index < -0.39 is 17.8 Å². The Morgan fingerprint density at radius 2 is 2.00 bits per heavy atom. The molecule has 0 rings (SSSR count). The van der Waals surface area contributed by atoms with Crippen molar-refractivity contribution in [3.8, 4) is 0 Å². The minimum Gasteiger partial charge on any atom is -0.462 e. The van der Waals surface area contributed by atoms with Gasteiger partial charge >= 0.3 is 5.97 Å². The van der Waals surface area contributed by atoms with Gasteiger partial charge in [-0.1, -0.05) is 13.3 Å². The predicted octanol–water partition coefficient (Wildman–Crippen LogP) is 0.860. The molecule has 0 fully saturated rings. The Morgan fingerprint density at radius 1 is 1.43 bits per heavy atom. The molecule has 1 amide bonds. The summed E-state index contributed by atoms with van der Waals surface area (Å²) in [4.78, 5) is 22.4. The summed E-state index contributed by atoms with van der Waals surface area (Å²) < 4.78 is 4.88. The number of amides is 1. The van der Waals surface area contributed by atoms with E-state index in [0.29, 0.717) is 12.8 Å². The Hall–Kier alpha value is -1.10. The van der Waals surface area contributed by atoms with Crippen LogP contribution in [0.3, 0.4) is 0 Å². The van der Waals surface area contributed by atoms with Crippen molar-refractivity contribution in [2.75, 3.05) is 0 Å². The van der Waals surface area contributed by atoms with Crippen LogP contribution in [-0.4, -0.2) is 23.2 Å². The number of esters is 1. The van der Waals surface area contributed by atoms with Crippen LogP contribution in [0.5, 0.6) is 0 Å². The molecule has 1 unspecified atom stereocenters. The van der Waals surface area contributed by atoms with Crippen molar-refractivity contribution >= 4 is 11.9 Å². The maximum atomic E-state index is 11.3. The SMILES string of the molecule is CCCC(C(=O)NO)C(=O)OC(C)C. The zero-order valence-corrected chi connectivity index (χ0v) is 8.74. The highest BCUT2D eigenvalue weighted by Crippen LogP contribution is 2.10. The fourth-order valence-electron chi connectivity index (χ4n) is 1.04. The lowest BCUT2D eigenvalue weighted by Gasteiger charge is -2.14. The summed E-state index contributed by atoms with van der Waals surface area (Å²) in [5, 5.41) is 8.41. The fourth-order valence-corrected chi connectivity index (χ4v) is 1.04. The highest BCUT2D eigenvalue weighted by atomic mass is 16.5. The van der Waals surface area contributed by atoms with Gasteiger partial charge in [-0.25, -0.2) is 5.48 Å². The van der Waals surface area contributed by atoms with Gasteiger partial charge in [0.15, 0.2) is 0 Å². The summed E-state index contributed by atoms with van der Waals surface area (Å²) in [5.41, 5.74) is 1.46. The first-order valence-corrected chi connectivity index (χ1v) is 4.67. The average Bonchev–Trinajstić information content (AvgIpc) is 2.11. The zero-order chi connectivity index (χ0) is 11.1. The number of carbonyl (C=O) groups is 2. The molecule has 0 saturated heterocycles. The number of rotatable bonds is 5. The lowest BCUT2D eigenvalue weighted by Crippen LogP contribution is -2.35. The predicted molar refractivity (Wildman–Crippen MR) is 49.6 cm³/mol. The quantitative estimate of drug-likeness (QED) is 0.301. The van der Waals surface area contributed by atoms with Crippen molar-refractivity contribution in [2.45, 2.75) is 39.7 Å². The first kappa shape index (κ1) is 12.9. The second-order valence-electron chi connectivity index (χ2n) is 3.30. The summed E-state index contributed by atoms with van der Waals surface area (Å²) in [5.74, 6) is -2.21. The van der Waals surface area contributed by atoms with Gasteiger partial charge in [-0.2, -0.15) is 0 Å². The van der Waals surface area contributed by atoms with E-state index in [4.69, 9.17) is 9.94 Å². The first-order chi connectivity index (χ1) is 6.52. The molecule has 5 nitrogen and oxygen atoms in total. The number of hydrogen-bond acceptors (Lipinski definition) is 4. The molecule has 2 N–H and O–H groups in total. The number of hydrogen-bond donors (Lipinski definition) is 2. The Morgan fingerprint density at radius 3 is 2.36 bits per heavy atom. The molecular weight excluding hydrogens is 186 g/mol. The van der Waals surface area contributed by atoms with Gasteiger partial charge in [0, 0.05) is 0 Å². The third-order valence-electron chi connectivity index (χ3n) is 1.64. The van der Waals surface area contributed by atoms with Gasteiger partial charge < -0.3 is 4.74 Å². The Balaban J connectivity index is 4.32. The molecule has 0 aromatic carbocycles. The van der Waals surface area contributed by atoms with Gasteiger partial charge in [0.2, 0.25) is 0 Å². The highest BCUT2D eigenvalue weighted by Gasteiger charge is 2.27. The molecule has 0 aliphatic heterocycles. The minimum absolute atomic E-state index is 0.256. The highest BCUT2D eigenvalue weighted by molar-refractivity contribution is 5.97. The van der Waals surface area contributed by atoms with Crippen LogP contribution in [0.25, 0.3) is 0 Å². The van der Waals surface area contributed by atoms with E-state index in [0.717, 1.165) is 0 Å². The largest absolute Gasteiger partial charge is 0.462 e.